The minimum atomic E-state index is -0.121. The minimum absolute atomic E-state index is 0.121. The van der Waals surface area contributed by atoms with E-state index in [0.717, 1.165) is 12.8 Å². The SMILES string of the molecule is CC[C@H]1CC[C@H](CC)C1OC(C)=O. The number of ether oxygens (including phenoxy) is 1. The Bertz CT molecular complexity index is 165. The van der Waals surface area contributed by atoms with Crippen LogP contribution in [0.2, 0.25) is 0 Å². The maximum absolute atomic E-state index is 10.9. The smallest absolute Gasteiger partial charge is 0.302 e. The van der Waals surface area contributed by atoms with Crippen LogP contribution in [0.3, 0.4) is 0 Å². The molecule has 76 valence electrons. The van der Waals surface area contributed by atoms with Crippen molar-refractivity contribution in [1.29, 1.82) is 0 Å². The van der Waals surface area contributed by atoms with Crippen molar-refractivity contribution in [2.24, 2.45) is 11.8 Å². The van der Waals surface area contributed by atoms with Crippen molar-refractivity contribution in [1.82, 2.24) is 0 Å². The molecule has 1 aliphatic rings. The second kappa shape index (κ2) is 4.64. The summed E-state index contributed by atoms with van der Waals surface area (Å²) in [6.45, 7) is 5.87. The second-order valence-electron chi connectivity index (χ2n) is 3.99. The molecular weight excluding hydrogens is 164 g/mol. The highest BCUT2D eigenvalue weighted by atomic mass is 16.5. The summed E-state index contributed by atoms with van der Waals surface area (Å²) in [5, 5.41) is 0. The van der Waals surface area contributed by atoms with Crippen LogP contribution in [0.1, 0.15) is 46.5 Å². The molecule has 1 fully saturated rings. The van der Waals surface area contributed by atoms with Gasteiger partial charge < -0.3 is 4.74 Å². The van der Waals surface area contributed by atoms with Gasteiger partial charge in [0.25, 0.3) is 0 Å². The molecule has 2 atom stereocenters. The third-order valence-electron chi connectivity index (χ3n) is 3.19. The fourth-order valence-electron chi connectivity index (χ4n) is 2.40. The van der Waals surface area contributed by atoms with Crippen molar-refractivity contribution in [2.75, 3.05) is 0 Å². The number of hydrogen-bond donors (Lipinski definition) is 0. The van der Waals surface area contributed by atoms with Crippen LogP contribution in [-0.4, -0.2) is 12.1 Å². The summed E-state index contributed by atoms with van der Waals surface area (Å²) in [5.41, 5.74) is 0. The largest absolute Gasteiger partial charge is 0.462 e. The van der Waals surface area contributed by atoms with Gasteiger partial charge in [-0.05, 0) is 37.5 Å². The number of carbonyl (C=O) groups excluding carboxylic acids is 1. The molecule has 1 saturated carbocycles. The van der Waals surface area contributed by atoms with Gasteiger partial charge in [0.15, 0.2) is 0 Å². The van der Waals surface area contributed by atoms with E-state index in [4.69, 9.17) is 4.74 Å². The number of rotatable bonds is 3. The monoisotopic (exact) mass is 184 g/mol. The molecule has 0 radical (unpaired) electrons. The molecule has 0 saturated heterocycles. The minimum Gasteiger partial charge on any atom is -0.462 e. The molecule has 0 unspecified atom stereocenters. The Morgan fingerprint density at radius 2 is 1.69 bits per heavy atom. The first-order valence-corrected chi connectivity index (χ1v) is 5.36. The van der Waals surface area contributed by atoms with Gasteiger partial charge in [0.05, 0.1) is 0 Å². The predicted octanol–water partition coefficient (Wildman–Crippen LogP) is 2.76. The lowest BCUT2D eigenvalue weighted by atomic mass is 9.97. The summed E-state index contributed by atoms with van der Waals surface area (Å²) in [4.78, 5) is 10.9. The van der Waals surface area contributed by atoms with Crippen molar-refractivity contribution >= 4 is 5.97 Å². The highest BCUT2D eigenvalue weighted by molar-refractivity contribution is 5.66. The quantitative estimate of drug-likeness (QED) is 0.630. The average Bonchev–Trinajstić information content (AvgIpc) is 2.46. The van der Waals surface area contributed by atoms with Gasteiger partial charge in [0.1, 0.15) is 6.10 Å². The Hall–Kier alpha value is -0.530. The third kappa shape index (κ3) is 2.45. The molecule has 0 heterocycles. The molecule has 0 spiro atoms. The average molecular weight is 184 g/mol. The van der Waals surface area contributed by atoms with Crippen LogP contribution in [0.4, 0.5) is 0 Å². The summed E-state index contributed by atoms with van der Waals surface area (Å²) in [5.74, 6) is 1.09. The van der Waals surface area contributed by atoms with Crippen molar-refractivity contribution in [2.45, 2.75) is 52.6 Å². The molecule has 0 N–H and O–H groups in total. The molecule has 0 aromatic heterocycles. The molecule has 1 rings (SSSR count). The lowest BCUT2D eigenvalue weighted by molar-refractivity contribution is -0.150. The van der Waals surface area contributed by atoms with Gasteiger partial charge in [-0.15, -0.1) is 0 Å². The molecule has 0 aliphatic heterocycles. The van der Waals surface area contributed by atoms with E-state index in [2.05, 4.69) is 13.8 Å². The number of carbonyl (C=O) groups is 1. The normalized spacial score (nSPS) is 29.2. The molecule has 1 aliphatic carbocycles. The Balaban J connectivity index is 2.56. The van der Waals surface area contributed by atoms with E-state index in [0.29, 0.717) is 11.8 Å². The van der Waals surface area contributed by atoms with Crippen LogP contribution in [-0.2, 0) is 9.53 Å². The lowest BCUT2D eigenvalue weighted by Gasteiger charge is -2.22. The van der Waals surface area contributed by atoms with Crippen molar-refractivity contribution < 1.29 is 9.53 Å². The summed E-state index contributed by atoms with van der Waals surface area (Å²) in [7, 11) is 0. The lowest BCUT2D eigenvalue weighted by Crippen LogP contribution is -2.26. The van der Waals surface area contributed by atoms with Crippen LogP contribution in [0.25, 0.3) is 0 Å². The van der Waals surface area contributed by atoms with E-state index in [-0.39, 0.29) is 12.1 Å². The van der Waals surface area contributed by atoms with E-state index < -0.39 is 0 Å². The first kappa shape index (κ1) is 10.6. The Morgan fingerprint density at radius 3 is 2.00 bits per heavy atom. The fourth-order valence-corrected chi connectivity index (χ4v) is 2.40. The van der Waals surface area contributed by atoms with Crippen molar-refractivity contribution in [3.63, 3.8) is 0 Å². The molecule has 13 heavy (non-hydrogen) atoms. The van der Waals surface area contributed by atoms with E-state index in [9.17, 15) is 4.79 Å². The molecule has 0 bridgehead atoms. The fraction of sp³-hybridized carbons (Fsp3) is 0.909. The summed E-state index contributed by atoms with van der Waals surface area (Å²) in [6, 6.07) is 0. The van der Waals surface area contributed by atoms with E-state index >= 15 is 0 Å². The van der Waals surface area contributed by atoms with E-state index in [1.807, 2.05) is 0 Å². The molecular formula is C11H20O2. The Kier molecular flexibility index (Phi) is 3.76. The molecule has 2 nitrogen and oxygen atoms in total. The van der Waals surface area contributed by atoms with Crippen LogP contribution >= 0.6 is 0 Å². The highest BCUT2D eigenvalue weighted by Gasteiger charge is 2.35. The third-order valence-corrected chi connectivity index (χ3v) is 3.19. The van der Waals surface area contributed by atoms with Gasteiger partial charge in [-0.25, -0.2) is 0 Å². The van der Waals surface area contributed by atoms with Gasteiger partial charge >= 0.3 is 5.97 Å². The van der Waals surface area contributed by atoms with E-state index in [1.165, 1.54) is 19.8 Å². The zero-order valence-corrected chi connectivity index (χ0v) is 8.88. The topological polar surface area (TPSA) is 26.3 Å². The standard InChI is InChI=1S/C11H20O2/c1-4-9-6-7-10(5-2)11(9)13-8(3)12/h9-11H,4-7H2,1-3H3/t9-,10-/m0/s1. The number of esters is 1. The first-order chi connectivity index (χ1) is 6.19. The van der Waals surface area contributed by atoms with Gasteiger partial charge in [0.2, 0.25) is 0 Å². The maximum atomic E-state index is 10.9. The van der Waals surface area contributed by atoms with E-state index in [1.54, 1.807) is 0 Å². The second-order valence-corrected chi connectivity index (χ2v) is 3.99. The summed E-state index contributed by atoms with van der Waals surface area (Å²) in [6.07, 6.45) is 4.93. The molecule has 0 amide bonds. The molecule has 0 aromatic rings. The zero-order chi connectivity index (χ0) is 9.84. The van der Waals surface area contributed by atoms with Gasteiger partial charge in [-0.1, -0.05) is 13.8 Å². The molecule has 2 heteroatoms. The van der Waals surface area contributed by atoms with Gasteiger partial charge in [-0.2, -0.15) is 0 Å². The van der Waals surface area contributed by atoms with Crippen molar-refractivity contribution in [3.8, 4) is 0 Å². The van der Waals surface area contributed by atoms with Crippen LogP contribution in [0.5, 0.6) is 0 Å². The molecule has 0 aromatic carbocycles. The van der Waals surface area contributed by atoms with Crippen LogP contribution in [0, 0.1) is 11.8 Å². The summed E-state index contributed by atoms with van der Waals surface area (Å²) >= 11 is 0. The first-order valence-electron chi connectivity index (χ1n) is 5.36. The van der Waals surface area contributed by atoms with Crippen LogP contribution in [0.15, 0.2) is 0 Å². The van der Waals surface area contributed by atoms with Gasteiger partial charge in [-0.3, -0.25) is 4.79 Å². The zero-order valence-electron chi connectivity index (χ0n) is 8.88. The Labute approximate surface area is 80.7 Å². The van der Waals surface area contributed by atoms with Gasteiger partial charge in [0, 0.05) is 6.92 Å². The maximum Gasteiger partial charge on any atom is 0.302 e. The van der Waals surface area contributed by atoms with Crippen LogP contribution < -0.4 is 0 Å². The number of hydrogen-bond acceptors (Lipinski definition) is 2. The highest BCUT2D eigenvalue weighted by Crippen LogP contribution is 2.37. The Morgan fingerprint density at radius 1 is 1.23 bits per heavy atom. The predicted molar refractivity (Wildman–Crippen MR) is 52.4 cm³/mol. The van der Waals surface area contributed by atoms with Crippen molar-refractivity contribution in [3.05, 3.63) is 0 Å². The summed E-state index contributed by atoms with van der Waals surface area (Å²) < 4.78 is 5.38.